The molecule has 5 aromatic rings. The van der Waals surface area contributed by atoms with Crippen LogP contribution in [0.4, 0.5) is 11.5 Å². The van der Waals surface area contributed by atoms with E-state index in [1.807, 2.05) is 36.4 Å². The maximum absolute atomic E-state index is 13.1. The number of hydrogen-bond donors (Lipinski definition) is 2. The van der Waals surface area contributed by atoms with Crippen LogP contribution in [0.2, 0.25) is 0 Å². The minimum atomic E-state index is -0.612. The van der Waals surface area contributed by atoms with Gasteiger partial charge in [0.2, 0.25) is 5.91 Å². The Bertz CT molecular complexity index is 1960. The molecule has 1 aliphatic carbocycles. The average molecular weight is 500 g/mol. The summed E-state index contributed by atoms with van der Waals surface area (Å²) in [4.78, 5) is 47.5. The first-order valence-electron chi connectivity index (χ1n) is 12.7. The molecular weight excluding hydrogens is 478 g/mol. The molecule has 0 radical (unpaired) electrons. The molecule has 1 unspecified atom stereocenters. The third kappa shape index (κ3) is 2.82. The van der Waals surface area contributed by atoms with Gasteiger partial charge in [-0.2, -0.15) is 0 Å². The van der Waals surface area contributed by atoms with Crippen LogP contribution in [-0.4, -0.2) is 26.3 Å². The van der Waals surface area contributed by atoms with E-state index in [4.69, 9.17) is 4.98 Å². The highest BCUT2D eigenvalue weighted by atomic mass is 16.2. The van der Waals surface area contributed by atoms with Gasteiger partial charge in [0.05, 0.1) is 27.7 Å². The molecule has 8 nitrogen and oxygen atoms in total. The molecule has 0 bridgehead atoms. The number of aryl methyl sites for hydroxylation is 2. The maximum Gasteiger partial charge on any atom is 0.256 e. The predicted octanol–water partition coefficient (Wildman–Crippen LogP) is 3.74. The van der Waals surface area contributed by atoms with Crippen molar-refractivity contribution < 1.29 is 9.59 Å². The van der Waals surface area contributed by atoms with E-state index < -0.39 is 5.41 Å². The van der Waals surface area contributed by atoms with E-state index in [1.54, 1.807) is 10.8 Å². The summed E-state index contributed by atoms with van der Waals surface area (Å²) < 4.78 is 1.71. The predicted molar refractivity (Wildman–Crippen MR) is 144 cm³/mol. The van der Waals surface area contributed by atoms with Gasteiger partial charge in [0.25, 0.3) is 11.5 Å². The van der Waals surface area contributed by atoms with Crippen LogP contribution in [0, 0.1) is 0 Å². The number of anilines is 2. The van der Waals surface area contributed by atoms with Gasteiger partial charge < -0.3 is 15.2 Å². The van der Waals surface area contributed by atoms with E-state index in [9.17, 15) is 14.4 Å². The summed E-state index contributed by atoms with van der Waals surface area (Å²) in [5.41, 5.74) is 6.13. The Morgan fingerprint density at radius 1 is 0.921 bits per heavy atom. The number of pyridine rings is 3. The van der Waals surface area contributed by atoms with E-state index in [0.717, 1.165) is 44.3 Å². The number of carbonyl (C=O) groups excluding carboxylic acids is 2. The average Bonchev–Trinajstić information content (AvgIpc) is 3.54. The van der Waals surface area contributed by atoms with Gasteiger partial charge in [0, 0.05) is 47.3 Å². The zero-order chi connectivity index (χ0) is 25.6. The van der Waals surface area contributed by atoms with E-state index in [0.29, 0.717) is 37.2 Å². The Balaban J connectivity index is 1.12. The van der Waals surface area contributed by atoms with Gasteiger partial charge in [0.1, 0.15) is 5.82 Å². The lowest BCUT2D eigenvalue weighted by Crippen LogP contribution is -2.35. The van der Waals surface area contributed by atoms with Crippen molar-refractivity contribution in [2.45, 2.75) is 31.2 Å². The highest BCUT2D eigenvalue weighted by Gasteiger charge is 2.51. The third-order valence-electron chi connectivity index (χ3n) is 8.26. The van der Waals surface area contributed by atoms with Crippen LogP contribution in [-0.2, 0) is 36.0 Å². The first-order valence-corrected chi connectivity index (χ1v) is 12.7. The smallest absolute Gasteiger partial charge is 0.256 e. The molecule has 1 spiro atoms. The zero-order valence-electron chi connectivity index (χ0n) is 20.2. The normalized spacial score (nSPS) is 18.7. The van der Waals surface area contributed by atoms with Crippen molar-refractivity contribution in [2.75, 3.05) is 10.6 Å². The summed E-state index contributed by atoms with van der Waals surface area (Å²) in [6, 6.07) is 19.2. The zero-order valence-corrected chi connectivity index (χ0v) is 20.2. The fourth-order valence-electron chi connectivity index (χ4n) is 6.45. The summed E-state index contributed by atoms with van der Waals surface area (Å²) in [6.45, 7) is 0.448. The highest BCUT2D eigenvalue weighted by molar-refractivity contribution is 6.23. The SMILES string of the molecule is O=C1Nc2cccc3c2c1cc(=O)n3CCc1ccc2cc3c(cc2n1)CC1(C3)C(=O)Nc2ncccc21. The number of amides is 2. The van der Waals surface area contributed by atoms with Gasteiger partial charge in [-0.25, -0.2) is 4.98 Å². The summed E-state index contributed by atoms with van der Waals surface area (Å²) in [6.07, 6.45) is 3.54. The van der Waals surface area contributed by atoms with Crippen molar-refractivity contribution in [2.24, 2.45) is 0 Å². The molecular formula is C30H21N5O3. The number of carbonyl (C=O) groups is 2. The molecule has 3 aromatic heterocycles. The van der Waals surface area contributed by atoms with Crippen LogP contribution in [0.25, 0.3) is 21.8 Å². The number of rotatable bonds is 3. The maximum atomic E-state index is 13.1. The molecule has 0 saturated carbocycles. The first-order chi connectivity index (χ1) is 18.5. The van der Waals surface area contributed by atoms with Crippen molar-refractivity contribution >= 4 is 45.1 Å². The van der Waals surface area contributed by atoms with Gasteiger partial charge in [-0.05, 0) is 60.4 Å². The Labute approximate surface area is 216 Å². The van der Waals surface area contributed by atoms with Gasteiger partial charge in [0.15, 0.2) is 0 Å². The molecule has 2 aromatic carbocycles. The van der Waals surface area contributed by atoms with Crippen molar-refractivity contribution in [1.82, 2.24) is 14.5 Å². The van der Waals surface area contributed by atoms with Crippen LogP contribution in [0.3, 0.4) is 0 Å². The topological polar surface area (TPSA) is 106 Å². The quantitative estimate of drug-likeness (QED) is 0.393. The van der Waals surface area contributed by atoms with E-state index >= 15 is 0 Å². The molecule has 1 atom stereocenters. The molecule has 184 valence electrons. The molecule has 8 heteroatoms. The number of hydrogen-bond acceptors (Lipinski definition) is 5. The lowest BCUT2D eigenvalue weighted by atomic mass is 9.79. The Morgan fingerprint density at radius 3 is 2.68 bits per heavy atom. The van der Waals surface area contributed by atoms with Crippen LogP contribution in [0.15, 0.2) is 71.7 Å². The number of nitrogens with zero attached hydrogens (tertiary/aromatic N) is 3. The van der Waals surface area contributed by atoms with Crippen LogP contribution in [0.5, 0.6) is 0 Å². The van der Waals surface area contributed by atoms with Crippen molar-refractivity contribution in [3.05, 3.63) is 105 Å². The molecule has 2 N–H and O–H groups in total. The van der Waals surface area contributed by atoms with Crippen molar-refractivity contribution in [3.63, 3.8) is 0 Å². The lowest BCUT2D eigenvalue weighted by Gasteiger charge is -2.20. The summed E-state index contributed by atoms with van der Waals surface area (Å²) in [5.74, 6) is 0.433. The van der Waals surface area contributed by atoms with Crippen LogP contribution in [0.1, 0.15) is 32.7 Å². The molecule has 38 heavy (non-hydrogen) atoms. The first kappa shape index (κ1) is 21.3. The Kier molecular flexibility index (Phi) is 4.11. The second kappa shape index (κ2) is 7.35. The number of benzene rings is 2. The number of nitrogens with one attached hydrogen (secondary N) is 2. The van der Waals surface area contributed by atoms with Gasteiger partial charge in [-0.15, -0.1) is 0 Å². The molecule has 3 aliphatic rings. The van der Waals surface area contributed by atoms with Gasteiger partial charge in [-0.3, -0.25) is 19.4 Å². The minimum absolute atomic E-state index is 0.00723. The standard InChI is InChI=1S/C30H21N5O3/c36-25-13-20-26-22(33-28(20)37)4-1-5-24(26)35(25)10-8-19-7-6-16-11-17-14-30(15-18(17)12-23(16)32-19)21-3-2-9-31-27(21)34-29(30)38/h1-7,9,11-13H,8,10,14-15H2,(H,33,37)(H,31,34,38). The molecule has 2 aliphatic heterocycles. The summed E-state index contributed by atoms with van der Waals surface area (Å²) in [5, 5.41) is 7.62. The monoisotopic (exact) mass is 499 g/mol. The largest absolute Gasteiger partial charge is 0.321 e. The Hall–Kier alpha value is -4.85. The summed E-state index contributed by atoms with van der Waals surface area (Å²) in [7, 11) is 0. The highest BCUT2D eigenvalue weighted by Crippen LogP contribution is 2.47. The van der Waals surface area contributed by atoms with Crippen molar-refractivity contribution in [3.8, 4) is 0 Å². The number of aromatic nitrogens is 3. The van der Waals surface area contributed by atoms with Crippen LogP contribution < -0.4 is 16.2 Å². The molecule has 8 rings (SSSR count). The van der Waals surface area contributed by atoms with Gasteiger partial charge in [-0.1, -0.05) is 18.2 Å². The molecule has 5 heterocycles. The molecule has 0 fully saturated rings. The Morgan fingerprint density at radius 2 is 1.79 bits per heavy atom. The van der Waals surface area contributed by atoms with Gasteiger partial charge >= 0.3 is 0 Å². The van der Waals surface area contributed by atoms with E-state index in [-0.39, 0.29) is 17.4 Å². The summed E-state index contributed by atoms with van der Waals surface area (Å²) >= 11 is 0. The second-order valence-corrected chi connectivity index (χ2v) is 10.4. The van der Waals surface area contributed by atoms with Crippen LogP contribution >= 0.6 is 0 Å². The molecule has 0 saturated heterocycles. The van der Waals surface area contributed by atoms with Crippen molar-refractivity contribution in [1.29, 1.82) is 0 Å². The fraction of sp³-hybridized carbons (Fsp3) is 0.167. The van der Waals surface area contributed by atoms with E-state index in [1.165, 1.54) is 11.6 Å². The van der Waals surface area contributed by atoms with E-state index in [2.05, 4.69) is 33.8 Å². The number of fused-ring (bicyclic) bond motifs is 4. The fourth-order valence-corrected chi connectivity index (χ4v) is 6.45. The molecule has 2 amide bonds. The lowest BCUT2D eigenvalue weighted by molar-refractivity contribution is -0.120. The minimum Gasteiger partial charge on any atom is -0.321 e. The second-order valence-electron chi connectivity index (χ2n) is 10.4. The third-order valence-corrected chi connectivity index (χ3v) is 8.26.